The minimum absolute atomic E-state index is 0.0486. The normalized spacial score (nSPS) is 29.6. The molecule has 1 saturated carbocycles. The van der Waals surface area contributed by atoms with Crippen molar-refractivity contribution in [3.63, 3.8) is 0 Å². The first kappa shape index (κ1) is 14.4. The number of carboxylic acids is 1. The second-order valence-electron chi connectivity index (χ2n) is 5.47. The number of carbonyl (C=O) groups excluding carboxylic acids is 2. The second kappa shape index (κ2) is 5.35. The summed E-state index contributed by atoms with van der Waals surface area (Å²) in [4.78, 5) is 23.7. The zero-order chi connectivity index (χ0) is 15.1. The van der Waals surface area contributed by atoms with Crippen molar-refractivity contribution in [3.8, 4) is 0 Å². The zero-order valence-electron chi connectivity index (χ0n) is 10.9. The van der Waals surface area contributed by atoms with E-state index >= 15 is 0 Å². The van der Waals surface area contributed by atoms with Crippen LogP contribution in [0.25, 0.3) is 0 Å². The van der Waals surface area contributed by atoms with Gasteiger partial charge in [-0.3, -0.25) is 4.79 Å². The van der Waals surface area contributed by atoms with E-state index < -0.39 is 17.8 Å². The van der Waals surface area contributed by atoms with Crippen molar-refractivity contribution >= 4 is 40.8 Å². The number of nitrogens with one attached hydrogen (secondary N) is 1. The van der Waals surface area contributed by atoms with Gasteiger partial charge in [0.15, 0.2) is 0 Å². The third-order valence-electron chi connectivity index (χ3n) is 4.16. The average molecular weight is 325 g/mol. The van der Waals surface area contributed by atoms with Crippen molar-refractivity contribution < 1.29 is 14.7 Å². The minimum atomic E-state index is -1.17. The number of fused-ring (bicyclic) bond motifs is 2. The summed E-state index contributed by atoms with van der Waals surface area (Å²) in [5.41, 5.74) is 0.460. The predicted octanol–water partition coefficient (Wildman–Crippen LogP) is 2.12. The topological polar surface area (TPSA) is 69.2 Å². The Morgan fingerprint density at radius 3 is 2.19 bits per heavy atom. The maximum atomic E-state index is 12.4. The van der Waals surface area contributed by atoms with Gasteiger partial charge in [0.05, 0.1) is 5.92 Å². The van der Waals surface area contributed by atoms with Gasteiger partial charge in [-0.2, -0.15) is 0 Å². The van der Waals surface area contributed by atoms with Gasteiger partial charge in [0.25, 0.3) is 0 Å². The average Bonchev–Trinajstić information content (AvgIpc) is 2.96. The molecule has 0 spiro atoms. The summed E-state index contributed by atoms with van der Waals surface area (Å²) in [6.45, 7) is 0. The lowest BCUT2D eigenvalue weighted by Crippen LogP contribution is -2.42. The van der Waals surface area contributed by atoms with Crippen molar-refractivity contribution in [2.45, 2.75) is 6.42 Å². The third kappa shape index (κ3) is 2.65. The van der Waals surface area contributed by atoms with E-state index in [1.54, 1.807) is 18.2 Å². The molecule has 1 aromatic rings. The molecule has 1 aromatic carbocycles. The molecule has 110 valence electrons. The molecule has 0 aromatic heterocycles. The van der Waals surface area contributed by atoms with E-state index in [1.165, 1.54) is 0 Å². The largest absolute Gasteiger partial charge is 0.550 e. The lowest BCUT2D eigenvalue weighted by molar-refractivity contribution is -0.313. The molecule has 6 heteroatoms. The number of carboxylic acid groups (broad SMARTS) is 1. The van der Waals surface area contributed by atoms with Crippen LogP contribution in [0.2, 0.25) is 10.0 Å². The van der Waals surface area contributed by atoms with Crippen LogP contribution in [0.15, 0.2) is 30.4 Å². The smallest absolute Gasteiger partial charge is 0.228 e. The summed E-state index contributed by atoms with van der Waals surface area (Å²) in [6, 6.07) is 4.70. The van der Waals surface area contributed by atoms with Gasteiger partial charge in [-0.1, -0.05) is 35.4 Å². The maximum absolute atomic E-state index is 12.4. The van der Waals surface area contributed by atoms with Gasteiger partial charge in [0, 0.05) is 27.6 Å². The summed E-state index contributed by atoms with van der Waals surface area (Å²) >= 11 is 11.8. The SMILES string of the molecule is O=C([O-])[C@@H]1[C@H](C(=O)Nc2cc(Cl)cc(Cl)c2)[C@H]2C=C[C@H]1C2. The summed E-state index contributed by atoms with van der Waals surface area (Å²) < 4.78 is 0. The van der Waals surface area contributed by atoms with Crippen molar-refractivity contribution in [3.05, 3.63) is 40.4 Å². The van der Waals surface area contributed by atoms with Gasteiger partial charge in [-0.25, -0.2) is 0 Å². The van der Waals surface area contributed by atoms with Crippen molar-refractivity contribution in [2.24, 2.45) is 23.7 Å². The number of hydrogen-bond acceptors (Lipinski definition) is 3. The van der Waals surface area contributed by atoms with Crippen LogP contribution in [0.4, 0.5) is 5.69 Å². The highest BCUT2D eigenvalue weighted by molar-refractivity contribution is 6.35. The lowest BCUT2D eigenvalue weighted by Gasteiger charge is -2.27. The molecule has 2 aliphatic rings. The van der Waals surface area contributed by atoms with E-state index in [4.69, 9.17) is 23.2 Å². The Morgan fingerprint density at radius 1 is 1.05 bits per heavy atom. The van der Waals surface area contributed by atoms with E-state index in [0.717, 1.165) is 0 Å². The molecule has 0 unspecified atom stereocenters. The number of carbonyl (C=O) groups is 2. The molecular weight excluding hydrogens is 313 g/mol. The fourth-order valence-corrected chi connectivity index (χ4v) is 3.88. The first-order valence-corrected chi connectivity index (χ1v) is 7.37. The van der Waals surface area contributed by atoms with E-state index in [2.05, 4.69) is 5.32 Å². The van der Waals surface area contributed by atoms with Crippen LogP contribution in [0.1, 0.15) is 6.42 Å². The number of anilines is 1. The molecule has 1 fully saturated rings. The maximum Gasteiger partial charge on any atom is 0.228 e. The molecule has 0 aliphatic heterocycles. The molecule has 0 heterocycles. The molecule has 1 amide bonds. The monoisotopic (exact) mass is 324 g/mol. The molecule has 0 radical (unpaired) electrons. The third-order valence-corrected chi connectivity index (χ3v) is 4.60. The lowest BCUT2D eigenvalue weighted by atomic mass is 9.82. The molecule has 3 rings (SSSR count). The zero-order valence-corrected chi connectivity index (χ0v) is 12.4. The molecular formula is C15H12Cl2NO3-. The molecule has 2 bridgehead atoms. The van der Waals surface area contributed by atoms with E-state index in [0.29, 0.717) is 22.2 Å². The molecule has 4 atom stereocenters. The number of rotatable bonds is 3. The quantitative estimate of drug-likeness (QED) is 0.866. The molecule has 0 saturated heterocycles. The highest BCUT2D eigenvalue weighted by Crippen LogP contribution is 2.48. The van der Waals surface area contributed by atoms with E-state index in [-0.39, 0.29) is 17.7 Å². The Hall–Kier alpha value is -1.52. The number of amides is 1. The number of benzene rings is 1. The fourth-order valence-electron chi connectivity index (χ4n) is 3.35. The summed E-state index contributed by atoms with van der Waals surface area (Å²) in [5, 5.41) is 14.8. The van der Waals surface area contributed by atoms with Gasteiger partial charge in [-0.15, -0.1) is 0 Å². The number of allylic oxidation sites excluding steroid dienone is 2. The summed E-state index contributed by atoms with van der Waals surface area (Å²) in [6.07, 6.45) is 4.47. The number of aliphatic carboxylic acids is 1. The Labute approximate surface area is 131 Å². The number of halogens is 2. The van der Waals surface area contributed by atoms with Gasteiger partial charge in [0.1, 0.15) is 0 Å². The standard InChI is InChI=1S/C15H13Cl2NO3/c16-9-4-10(17)6-11(5-9)18-14(19)12-7-1-2-8(3-7)13(12)15(20)21/h1-2,4-8,12-13H,3H2,(H,18,19)(H,20,21)/p-1/t7-,8-,12+,13-/m0/s1. The van der Waals surface area contributed by atoms with E-state index in [9.17, 15) is 14.7 Å². The van der Waals surface area contributed by atoms with Gasteiger partial charge < -0.3 is 15.2 Å². The molecule has 4 nitrogen and oxygen atoms in total. The van der Waals surface area contributed by atoms with Crippen LogP contribution in [-0.4, -0.2) is 11.9 Å². The van der Waals surface area contributed by atoms with Gasteiger partial charge in [0.2, 0.25) is 5.91 Å². The van der Waals surface area contributed by atoms with Gasteiger partial charge >= 0.3 is 0 Å². The van der Waals surface area contributed by atoms with Crippen LogP contribution < -0.4 is 10.4 Å². The Morgan fingerprint density at radius 2 is 1.62 bits per heavy atom. The predicted molar refractivity (Wildman–Crippen MR) is 77.8 cm³/mol. The molecule has 21 heavy (non-hydrogen) atoms. The summed E-state index contributed by atoms with van der Waals surface area (Å²) in [5.74, 6) is -3.04. The van der Waals surface area contributed by atoms with Crippen LogP contribution in [-0.2, 0) is 9.59 Å². The Balaban J connectivity index is 1.82. The minimum Gasteiger partial charge on any atom is -0.550 e. The Bertz CT molecular complexity index is 624. The highest BCUT2D eigenvalue weighted by atomic mass is 35.5. The van der Waals surface area contributed by atoms with Crippen molar-refractivity contribution in [1.29, 1.82) is 0 Å². The van der Waals surface area contributed by atoms with Crippen molar-refractivity contribution in [1.82, 2.24) is 0 Å². The van der Waals surface area contributed by atoms with Crippen LogP contribution in [0.5, 0.6) is 0 Å². The van der Waals surface area contributed by atoms with Gasteiger partial charge in [-0.05, 0) is 36.5 Å². The first-order chi connectivity index (χ1) is 9.95. The molecule has 1 N–H and O–H groups in total. The first-order valence-electron chi connectivity index (χ1n) is 6.62. The van der Waals surface area contributed by atoms with Crippen molar-refractivity contribution in [2.75, 3.05) is 5.32 Å². The van der Waals surface area contributed by atoms with Crippen LogP contribution in [0.3, 0.4) is 0 Å². The van der Waals surface area contributed by atoms with E-state index in [1.807, 2.05) is 12.2 Å². The van der Waals surface area contributed by atoms with Crippen LogP contribution >= 0.6 is 23.2 Å². The second-order valence-corrected chi connectivity index (χ2v) is 6.34. The van der Waals surface area contributed by atoms with Crippen LogP contribution in [0, 0.1) is 23.7 Å². The Kier molecular flexibility index (Phi) is 3.68. The fraction of sp³-hybridized carbons (Fsp3) is 0.333. The summed E-state index contributed by atoms with van der Waals surface area (Å²) in [7, 11) is 0. The number of hydrogen-bond donors (Lipinski definition) is 1. The highest BCUT2D eigenvalue weighted by Gasteiger charge is 2.48. The molecule has 2 aliphatic carbocycles.